The van der Waals surface area contributed by atoms with Gasteiger partial charge >= 0.3 is 0 Å². The minimum atomic E-state index is 0.847. The lowest BCUT2D eigenvalue weighted by atomic mass is 10.2. The Morgan fingerprint density at radius 3 is 2.20 bits per heavy atom. The first-order valence-electron chi connectivity index (χ1n) is 4.09. The molecule has 10 heavy (non-hydrogen) atoms. The van der Waals surface area contributed by atoms with E-state index in [2.05, 4.69) is 10.3 Å². The molecule has 1 aliphatic rings. The summed E-state index contributed by atoms with van der Waals surface area (Å²) in [6, 6.07) is 0. The second-order valence-electron chi connectivity index (χ2n) is 2.89. The Balaban J connectivity index is 2.15. The second kappa shape index (κ2) is 4.66. The van der Waals surface area contributed by atoms with Crippen LogP contribution in [0.15, 0.2) is 0 Å². The molecule has 0 bridgehead atoms. The van der Waals surface area contributed by atoms with Gasteiger partial charge < -0.3 is 0 Å². The summed E-state index contributed by atoms with van der Waals surface area (Å²) in [6.45, 7) is 3.27. The highest BCUT2D eigenvalue weighted by Crippen LogP contribution is 2.07. The fourth-order valence-electron chi connectivity index (χ4n) is 1.42. The van der Waals surface area contributed by atoms with E-state index in [1.807, 2.05) is 0 Å². The SMILES string of the molecule is NNCN1CCCCCC1. The van der Waals surface area contributed by atoms with Crippen LogP contribution >= 0.6 is 0 Å². The summed E-state index contributed by atoms with van der Waals surface area (Å²) in [4.78, 5) is 2.37. The average Bonchev–Trinajstić information content (AvgIpc) is 2.17. The van der Waals surface area contributed by atoms with Crippen LogP contribution in [0.4, 0.5) is 0 Å². The maximum Gasteiger partial charge on any atom is 0.0612 e. The lowest BCUT2D eigenvalue weighted by Crippen LogP contribution is -2.38. The molecule has 0 aromatic carbocycles. The predicted octanol–water partition coefficient (Wildman–Crippen LogP) is 0.283. The summed E-state index contributed by atoms with van der Waals surface area (Å²) in [7, 11) is 0. The Morgan fingerprint density at radius 2 is 1.70 bits per heavy atom. The van der Waals surface area contributed by atoms with Crippen LogP contribution in [0.3, 0.4) is 0 Å². The van der Waals surface area contributed by atoms with E-state index in [4.69, 9.17) is 5.84 Å². The smallest absolute Gasteiger partial charge is 0.0612 e. The van der Waals surface area contributed by atoms with Crippen LogP contribution in [-0.4, -0.2) is 24.7 Å². The highest BCUT2D eigenvalue weighted by Gasteiger charge is 2.06. The summed E-state index contributed by atoms with van der Waals surface area (Å²) in [5.74, 6) is 5.22. The van der Waals surface area contributed by atoms with Gasteiger partial charge in [0.2, 0.25) is 0 Å². The number of nitrogens with two attached hydrogens (primary N) is 1. The summed E-state index contributed by atoms with van der Waals surface area (Å²) < 4.78 is 0. The van der Waals surface area contributed by atoms with Gasteiger partial charge in [-0.15, -0.1) is 0 Å². The number of nitrogens with zero attached hydrogens (tertiary/aromatic N) is 1. The maximum atomic E-state index is 5.22. The second-order valence-corrected chi connectivity index (χ2v) is 2.89. The van der Waals surface area contributed by atoms with E-state index in [0.717, 1.165) is 6.67 Å². The van der Waals surface area contributed by atoms with Gasteiger partial charge in [0.1, 0.15) is 0 Å². The molecule has 1 rings (SSSR count). The van der Waals surface area contributed by atoms with Crippen LogP contribution < -0.4 is 11.3 Å². The van der Waals surface area contributed by atoms with Crippen LogP contribution in [0, 0.1) is 0 Å². The molecular formula is C7H17N3. The fraction of sp³-hybridized carbons (Fsp3) is 1.00. The van der Waals surface area contributed by atoms with Gasteiger partial charge in [-0.2, -0.15) is 0 Å². The molecule has 0 atom stereocenters. The van der Waals surface area contributed by atoms with E-state index >= 15 is 0 Å². The number of hydrazine groups is 1. The molecule has 1 saturated heterocycles. The minimum Gasteiger partial charge on any atom is -0.290 e. The van der Waals surface area contributed by atoms with Crippen LogP contribution in [0.25, 0.3) is 0 Å². The standard InChI is InChI=1S/C7H17N3/c8-9-7-10-5-3-1-2-4-6-10/h9H,1-8H2. The van der Waals surface area contributed by atoms with Crippen LogP contribution in [-0.2, 0) is 0 Å². The summed E-state index contributed by atoms with van der Waals surface area (Å²) in [5.41, 5.74) is 2.69. The summed E-state index contributed by atoms with van der Waals surface area (Å²) in [5, 5.41) is 0. The van der Waals surface area contributed by atoms with Gasteiger partial charge in [0.25, 0.3) is 0 Å². The van der Waals surface area contributed by atoms with Crippen LogP contribution in [0.5, 0.6) is 0 Å². The zero-order valence-corrected chi connectivity index (χ0v) is 6.47. The van der Waals surface area contributed by atoms with E-state index in [1.165, 1.54) is 38.8 Å². The normalized spacial score (nSPS) is 22.5. The van der Waals surface area contributed by atoms with E-state index in [0.29, 0.717) is 0 Å². The van der Waals surface area contributed by atoms with Gasteiger partial charge in [-0.05, 0) is 25.9 Å². The molecule has 0 aliphatic carbocycles. The number of likely N-dealkylation sites (tertiary alicyclic amines) is 1. The number of nitrogens with one attached hydrogen (secondary N) is 1. The molecular weight excluding hydrogens is 126 g/mol. The van der Waals surface area contributed by atoms with E-state index in [-0.39, 0.29) is 0 Å². The van der Waals surface area contributed by atoms with Gasteiger partial charge in [-0.3, -0.25) is 10.7 Å². The monoisotopic (exact) mass is 143 g/mol. The Labute approximate surface area is 62.5 Å². The van der Waals surface area contributed by atoms with Crippen molar-refractivity contribution in [3.05, 3.63) is 0 Å². The zero-order chi connectivity index (χ0) is 7.23. The lowest BCUT2D eigenvalue weighted by molar-refractivity contribution is 0.264. The average molecular weight is 143 g/mol. The topological polar surface area (TPSA) is 41.3 Å². The molecule has 0 aromatic rings. The molecule has 0 unspecified atom stereocenters. The molecule has 0 saturated carbocycles. The molecule has 3 N–H and O–H groups in total. The quantitative estimate of drug-likeness (QED) is 0.431. The third-order valence-corrected chi connectivity index (χ3v) is 2.01. The van der Waals surface area contributed by atoms with Gasteiger partial charge in [-0.1, -0.05) is 12.8 Å². The van der Waals surface area contributed by atoms with Gasteiger partial charge in [-0.25, -0.2) is 5.43 Å². The van der Waals surface area contributed by atoms with Crippen molar-refractivity contribution in [2.45, 2.75) is 25.7 Å². The van der Waals surface area contributed by atoms with Crippen molar-refractivity contribution in [3.8, 4) is 0 Å². The van der Waals surface area contributed by atoms with Crippen molar-refractivity contribution in [1.29, 1.82) is 0 Å². The van der Waals surface area contributed by atoms with Crippen molar-refractivity contribution in [1.82, 2.24) is 10.3 Å². The predicted molar refractivity (Wildman–Crippen MR) is 42.2 cm³/mol. The van der Waals surface area contributed by atoms with E-state index in [9.17, 15) is 0 Å². The summed E-state index contributed by atoms with van der Waals surface area (Å²) >= 11 is 0. The number of hydrogen-bond donors (Lipinski definition) is 2. The van der Waals surface area contributed by atoms with E-state index < -0.39 is 0 Å². The zero-order valence-electron chi connectivity index (χ0n) is 6.47. The van der Waals surface area contributed by atoms with Crippen molar-refractivity contribution in [3.63, 3.8) is 0 Å². The molecule has 3 nitrogen and oxygen atoms in total. The molecule has 1 aliphatic heterocycles. The third kappa shape index (κ3) is 2.64. The van der Waals surface area contributed by atoms with Gasteiger partial charge in [0.15, 0.2) is 0 Å². The molecule has 60 valence electrons. The molecule has 0 radical (unpaired) electrons. The van der Waals surface area contributed by atoms with Crippen molar-refractivity contribution in [2.24, 2.45) is 5.84 Å². The molecule has 0 spiro atoms. The van der Waals surface area contributed by atoms with Gasteiger partial charge in [0, 0.05) is 0 Å². The lowest BCUT2D eigenvalue weighted by Gasteiger charge is -2.18. The number of hydrogen-bond acceptors (Lipinski definition) is 3. The largest absolute Gasteiger partial charge is 0.290 e. The Kier molecular flexibility index (Phi) is 3.72. The molecule has 0 amide bonds. The van der Waals surface area contributed by atoms with Crippen molar-refractivity contribution in [2.75, 3.05) is 19.8 Å². The van der Waals surface area contributed by atoms with E-state index in [1.54, 1.807) is 0 Å². The fourth-order valence-corrected chi connectivity index (χ4v) is 1.42. The first kappa shape index (κ1) is 7.98. The van der Waals surface area contributed by atoms with Gasteiger partial charge in [0.05, 0.1) is 6.67 Å². The van der Waals surface area contributed by atoms with Crippen LogP contribution in [0.2, 0.25) is 0 Å². The first-order valence-corrected chi connectivity index (χ1v) is 4.09. The Morgan fingerprint density at radius 1 is 1.10 bits per heavy atom. The maximum absolute atomic E-state index is 5.22. The number of rotatable bonds is 2. The van der Waals surface area contributed by atoms with Crippen molar-refractivity contribution >= 4 is 0 Å². The Hall–Kier alpha value is -0.120. The summed E-state index contributed by atoms with van der Waals surface area (Å²) in [6.07, 6.45) is 5.45. The highest BCUT2D eigenvalue weighted by molar-refractivity contribution is 4.60. The first-order chi connectivity index (χ1) is 4.93. The van der Waals surface area contributed by atoms with Crippen LogP contribution in [0.1, 0.15) is 25.7 Å². The molecule has 3 heteroatoms. The third-order valence-electron chi connectivity index (χ3n) is 2.01. The molecule has 0 aromatic heterocycles. The van der Waals surface area contributed by atoms with Crippen molar-refractivity contribution < 1.29 is 0 Å². The minimum absolute atomic E-state index is 0.847. The molecule has 1 heterocycles. The highest BCUT2D eigenvalue weighted by atomic mass is 15.3. The Bertz CT molecular complexity index is 76.9. The molecule has 1 fully saturated rings.